The highest BCUT2D eigenvalue weighted by Crippen LogP contribution is 2.33. The molecule has 0 atom stereocenters. The Hall–Kier alpha value is -3.35. The van der Waals surface area contributed by atoms with E-state index in [0.29, 0.717) is 42.1 Å². The average Bonchev–Trinajstić information content (AvgIpc) is 2.86. The maximum Gasteiger partial charge on any atom is 0.265 e. The summed E-state index contributed by atoms with van der Waals surface area (Å²) < 4.78 is 11.3. The SMILES string of the molecule is Cc1ccc(OCC(=O)c2ccc3c(c2)N(CCCC(=O)NC2CCCCC2)C(=O)CO3)cc1C. The van der Waals surface area contributed by atoms with Crippen molar-refractivity contribution in [2.45, 2.75) is 64.8 Å². The van der Waals surface area contributed by atoms with Crippen molar-refractivity contribution in [1.29, 1.82) is 0 Å². The van der Waals surface area contributed by atoms with Gasteiger partial charge in [0.2, 0.25) is 5.91 Å². The van der Waals surface area contributed by atoms with E-state index in [0.717, 1.165) is 24.0 Å². The number of ether oxygens (including phenoxy) is 2. The van der Waals surface area contributed by atoms with Crippen molar-refractivity contribution in [2.75, 3.05) is 24.7 Å². The molecule has 4 rings (SSSR count). The highest BCUT2D eigenvalue weighted by atomic mass is 16.5. The number of nitrogens with zero attached hydrogens (tertiary/aromatic N) is 1. The fourth-order valence-electron chi connectivity index (χ4n) is 4.60. The molecule has 1 aliphatic heterocycles. The highest BCUT2D eigenvalue weighted by Gasteiger charge is 2.27. The molecule has 0 radical (unpaired) electrons. The normalized spacial score (nSPS) is 15.8. The van der Waals surface area contributed by atoms with Gasteiger partial charge in [0.1, 0.15) is 11.5 Å². The van der Waals surface area contributed by atoms with Crippen molar-refractivity contribution in [2.24, 2.45) is 0 Å². The predicted octanol–water partition coefficient (Wildman–Crippen LogP) is 4.52. The Bertz CT molecular complexity index is 1090. The van der Waals surface area contributed by atoms with Gasteiger partial charge in [-0.05, 0) is 74.6 Å². The zero-order valence-electron chi connectivity index (χ0n) is 20.6. The van der Waals surface area contributed by atoms with E-state index in [4.69, 9.17) is 9.47 Å². The van der Waals surface area contributed by atoms with Gasteiger partial charge in [0.05, 0.1) is 5.69 Å². The molecule has 1 aliphatic carbocycles. The van der Waals surface area contributed by atoms with Crippen LogP contribution in [0.4, 0.5) is 5.69 Å². The third-order valence-electron chi connectivity index (χ3n) is 6.83. The molecule has 2 aromatic carbocycles. The lowest BCUT2D eigenvalue weighted by Crippen LogP contribution is -2.40. The summed E-state index contributed by atoms with van der Waals surface area (Å²) in [5, 5.41) is 3.12. The van der Waals surface area contributed by atoms with Crippen LogP contribution in [0.3, 0.4) is 0 Å². The van der Waals surface area contributed by atoms with Gasteiger partial charge in [0, 0.05) is 24.6 Å². The number of fused-ring (bicyclic) bond motifs is 1. The number of Topliss-reactive ketones (excluding diaryl/α,β-unsaturated/α-hetero) is 1. The lowest BCUT2D eigenvalue weighted by molar-refractivity contribution is -0.123. The van der Waals surface area contributed by atoms with Gasteiger partial charge in [-0.3, -0.25) is 14.4 Å². The van der Waals surface area contributed by atoms with Crippen molar-refractivity contribution in [3.63, 3.8) is 0 Å². The molecule has 2 aromatic rings. The average molecular weight is 479 g/mol. The number of rotatable bonds is 9. The molecule has 2 aliphatic rings. The summed E-state index contributed by atoms with van der Waals surface area (Å²) in [6.45, 7) is 4.26. The van der Waals surface area contributed by atoms with Crippen LogP contribution < -0.4 is 19.7 Å². The van der Waals surface area contributed by atoms with Crippen LogP contribution in [0.25, 0.3) is 0 Å². The molecule has 0 bridgehead atoms. The smallest absolute Gasteiger partial charge is 0.265 e. The van der Waals surface area contributed by atoms with E-state index in [2.05, 4.69) is 5.32 Å². The Morgan fingerprint density at radius 1 is 1.06 bits per heavy atom. The molecule has 1 heterocycles. The molecule has 1 fully saturated rings. The number of hydrogen-bond donors (Lipinski definition) is 1. The van der Waals surface area contributed by atoms with Gasteiger partial charge < -0.3 is 19.7 Å². The maximum atomic E-state index is 12.8. The van der Waals surface area contributed by atoms with Crippen LogP contribution in [0.1, 0.15) is 66.4 Å². The van der Waals surface area contributed by atoms with Gasteiger partial charge in [-0.2, -0.15) is 0 Å². The quantitative estimate of drug-likeness (QED) is 0.536. The van der Waals surface area contributed by atoms with Gasteiger partial charge in [-0.15, -0.1) is 0 Å². The third-order valence-corrected chi connectivity index (χ3v) is 6.83. The second kappa shape index (κ2) is 11.4. The molecule has 0 spiro atoms. The molecule has 35 heavy (non-hydrogen) atoms. The minimum absolute atomic E-state index is 0.0326. The Kier molecular flexibility index (Phi) is 8.06. The summed E-state index contributed by atoms with van der Waals surface area (Å²) in [5.41, 5.74) is 3.27. The first-order valence-electron chi connectivity index (χ1n) is 12.5. The topological polar surface area (TPSA) is 84.9 Å². The first-order chi connectivity index (χ1) is 16.9. The number of anilines is 1. The second-order valence-corrected chi connectivity index (χ2v) is 9.48. The maximum absolute atomic E-state index is 12.8. The number of carbonyl (C=O) groups excluding carboxylic acids is 3. The fourth-order valence-corrected chi connectivity index (χ4v) is 4.60. The van der Waals surface area contributed by atoms with Crippen molar-refractivity contribution in [1.82, 2.24) is 5.32 Å². The van der Waals surface area contributed by atoms with Crippen LogP contribution in [-0.2, 0) is 9.59 Å². The standard InChI is InChI=1S/C28H34N2O5/c1-19-10-12-23(15-20(19)2)34-17-25(31)21-11-13-26-24(16-21)30(28(33)18-35-26)14-6-9-27(32)29-22-7-4-3-5-8-22/h10-13,15-16,22H,3-9,14,17-18H2,1-2H3,(H,29,32). The Morgan fingerprint density at radius 2 is 1.86 bits per heavy atom. The van der Waals surface area contributed by atoms with Gasteiger partial charge in [0.25, 0.3) is 5.91 Å². The lowest BCUT2D eigenvalue weighted by Gasteiger charge is -2.30. The summed E-state index contributed by atoms with van der Waals surface area (Å²) >= 11 is 0. The minimum Gasteiger partial charge on any atom is -0.485 e. The number of ketones is 1. The van der Waals surface area contributed by atoms with E-state index in [9.17, 15) is 14.4 Å². The van der Waals surface area contributed by atoms with E-state index in [1.807, 2.05) is 32.0 Å². The van der Waals surface area contributed by atoms with E-state index in [-0.39, 0.29) is 36.9 Å². The molecule has 7 heteroatoms. The number of amides is 2. The van der Waals surface area contributed by atoms with Gasteiger partial charge in [0.15, 0.2) is 19.0 Å². The van der Waals surface area contributed by atoms with Gasteiger partial charge in [-0.25, -0.2) is 0 Å². The fraction of sp³-hybridized carbons (Fsp3) is 0.464. The zero-order valence-corrected chi connectivity index (χ0v) is 20.6. The molecule has 0 saturated heterocycles. The van der Waals surface area contributed by atoms with Gasteiger partial charge in [-0.1, -0.05) is 25.3 Å². The van der Waals surface area contributed by atoms with E-state index >= 15 is 0 Å². The Morgan fingerprint density at radius 3 is 2.63 bits per heavy atom. The van der Waals surface area contributed by atoms with E-state index in [1.165, 1.54) is 19.3 Å². The number of aryl methyl sites for hydroxylation is 2. The predicted molar refractivity (Wildman–Crippen MR) is 134 cm³/mol. The molecular formula is C28H34N2O5. The van der Waals surface area contributed by atoms with Crippen LogP contribution in [0, 0.1) is 13.8 Å². The molecule has 0 unspecified atom stereocenters. The monoisotopic (exact) mass is 478 g/mol. The number of benzene rings is 2. The minimum atomic E-state index is -0.184. The second-order valence-electron chi connectivity index (χ2n) is 9.48. The number of nitrogens with one attached hydrogen (secondary N) is 1. The largest absolute Gasteiger partial charge is 0.485 e. The number of carbonyl (C=O) groups is 3. The summed E-state index contributed by atoms with van der Waals surface area (Å²) in [4.78, 5) is 39.4. The molecule has 186 valence electrons. The molecule has 2 amide bonds. The van der Waals surface area contributed by atoms with Gasteiger partial charge >= 0.3 is 0 Å². The van der Waals surface area contributed by atoms with E-state index < -0.39 is 0 Å². The van der Waals surface area contributed by atoms with Crippen molar-refractivity contribution in [3.05, 3.63) is 53.1 Å². The molecular weight excluding hydrogens is 444 g/mol. The lowest BCUT2D eigenvalue weighted by atomic mass is 9.95. The highest BCUT2D eigenvalue weighted by molar-refractivity contribution is 6.02. The van der Waals surface area contributed by atoms with Crippen LogP contribution in [0.5, 0.6) is 11.5 Å². The summed E-state index contributed by atoms with van der Waals surface area (Å²) in [5.74, 6) is 0.871. The van der Waals surface area contributed by atoms with Crippen molar-refractivity contribution >= 4 is 23.3 Å². The zero-order chi connectivity index (χ0) is 24.8. The van der Waals surface area contributed by atoms with E-state index in [1.54, 1.807) is 23.1 Å². The van der Waals surface area contributed by atoms with Crippen molar-refractivity contribution < 1.29 is 23.9 Å². The van der Waals surface area contributed by atoms with Crippen LogP contribution in [0.2, 0.25) is 0 Å². The molecule has 1 saturated carbocycles. The first-order valence-corrected chi connectivity index (χ1v) is 12.5. The summed E-state index contributed by atoms with van der Waals surface area (Å²) in [6, 6.07) is 11.1. The summed E-state index contributed by atoms with van der Waals surface area (Å²) in [6.07, 6.45) is 6.57. The number of hydrogen-bond acceptors (Lipinski definition) is 5. The van der Waals surface area contributed by atoms with Crippen LogP contribution in [0.15, 0.2) is 36.4 Å². The molecule has 1 N–H and O–H groups in total. The summed E-state index contributed by atoms with van der Waals surface area (Å²) in [7, 11) is 0. The molecule has 0 aromatic heterocycles. The third kappa shape index (κ3) is 6.41. The van der Waals surface area contributed by atoms with Crippen molar-refractivity contribution in [3.8, 4) is 11.5 Å². The van der Waals surface area contributed by atoms with Crippen LogP contribution >= 0.6 is 0 Å². The Balaban J connectivity index is 1.35. The Labute approximate surface area is 206 Å². The molecule has 7 nitrogen and oxygen atoms in total. The van der Waals surface area contributed by atoms with Crippen LogP contribution in [-0.4, -0.2) is 43.4 Å². The first kappa shape index (κ1) is 24.8.